The minimum Gasteiger partial charge on any atom is -0.485 e. The first-order valence-electron chi connectivity index (χ1n) is 12.3. The molecule has 0 amide bonds. The molecule has 1 aliphatic rings. The number of thiophene rings is 4. The summed E-state index contributed by atoms with van der Waals surface area (Å²) in [6.07, 6.45) is 9.85. The lowest BCUT2D eigenvalue weighted by Crippen LogP contribution is -2.14. The van der Waals surface area contributed by atoms with Gasteiger partial charge in [0.15, 0.2) is 17.8 Å². The van der Waals surface area contributed by atoms with Crippen LogP contribution in [0.25, 0.3) is 29.3 Å². The lowest BCUT2D eigenvalue weighted by Gasteiger charge is -2.15. The first-order chi connectivity index (χ1) is 17.2. The van der Waals surface area contributed by atoms with Crippen LogP contribution in [0.2, 0.25) is 0 Å². The molecule has 0 saturated heterocycles. The zero-order valence-electron chi connectivity index (χ0n) is 20.2. The lowest BCUT2D eigenvalue weighted by atomic mass is 10.0. The van der Waals surface area contributed by atoms with Crippen molar-refractivity contribution in [2.75, 3.05) is 13.2 Å². The summed E-state index contributed by atoms with van der Waals surface area (Å²) in [4.78, 5) is 19.6. The van der Waals surface area contributed by atoms with Crippen LogP contribution in [-0.2, 0) is 6.42 Å². The normalized spacial score (nSPS) is 12.9. The predicted molar refractivity (Wildman–Crippen MR) is 152 cm³/mol. The number of carbonyl (C=O) groups is 1. The second-order valence-corrected chi connectivity index (χ2v) is 13.0. The molecule has 4 aromatic rings. The Hall–Kier alpha value is -1.93. The summed E-state index contributed by atoms with van der Waals surface area (Å²) < 4.78 is 11.8. The van der Waals surface area contributed by atoms with Gasteiger partial charge in [-0.25, -0.2) is 0 Å². The second kappa shape index (κ2) is 11.4. The average molecular weight is 543 g/mol. The maximum absolute atomic E-state index is 11.3. The second-order valence-electron chi connectivity index (χ2n) is 8.88. The third-order valence-electron chi connectivity index (χ3n) is 6.24. The molecule has 0 saturated carbocycles. The SMILES string of the molecule is CCCCCCCCc1cc(-c2scc3c2OCCO3)sc1-c1ccc(-c2sc(C=O)cc2C)s1. The number of aldehydes is 1. The molecule has 4 aromatic heterocycles. The van der Waals surface area contributed by atoms with Crippen molar-refractivity contribution in [3.05, 3.63) is 45.6 Å². The number of carbonyl (C=O) groups excluding carboxylic acids is 1. The van der Waals surface area contributed by atoms with Crippen molar-refractivity contribution in [3.8, 4) is 40.8 Å². The Balaban J connectivity index is 1.44. The van der Waals surface area contributed by atoms with Gasteiger partial charge in [-0.05, 0) is 55.2 Å². The molecular formula is C28H30O3S4. The Morgan fingerprint density at radius 2 is 1.63 bits per heavy atom. The molecule has 0 radical (unpaired) electrons. The topological polar surface area (TPSA) is 35.5 Å². The van der Waals surface area contributed by atoms with Crippen molar-refractivity contribution >= 4 is 51.6 Å². The molecule has 0 aromatic carbocycles. The van der Waals surface area contributed by atoms with Crippen LogP contribution in [0.5, 0.6) is 11.5 Å². The fraction of sp³-hybridized carbons (Fsp3) is 0.393. The van der Waals surface area contributed by atoms with E-state index in [-0.39, 0.29) is 0 Å². The van der Waals surface area contributed by atoms with E-state index in [1.54, 1.807) is 22.7 Å². The van der Waals surface area contributed by atoms with Crippen molar-refractivity contribution in [2.45, 2.75) is 58.8 Å². The summed E-state index contributed by atoms with van der Waals surface area (Å²) in [5, 5.41) is 2.07. The maximum atomic E-state index is 11.3. The zero-order chi connectivity index (χ0) is 24.2. The molecule has 7 heteroatoms. The van der Waals surface area contributed by atoms with Crippen LogP contribution < -0.4 is 9.47 Å². The van der Waals surface area contributed by atoms with Crippen LogP contribution in [0, 0.1) is 6.92 Å². The van der Waals surface area contributed by atoms with Crippen molar-refractivity contribution < 1.29 is 14.3 Å². The number of unbranched alkanes of at least 4 members (excludes halogenated alkanes) is 5. The van der Waals surface area contributed by atoms with Crippen molar-refractivity contribution in [3.63, 3.8) is 0 Å². The average Bonchev–Trinajstić information content (AvgIpc) is 3.66. The van der Waals surface area contributed by atoms with E-state index in [0.717, 1.165) is 29.1 Å². The van der Waals surface area contributed by atoms with Gasteiger partial charge in [0.25, 0.3) is 0 Å². The Bertz CT molecular complexity index is 1290. The Morgan fingerprint density at radius 1 is 0.857 bits per heavy atom. The van der Waals surface area contributed by atoms with Crippen molar-refractivity contribution in [2.24, 2.45) is 0 Å². The van der Waals surface area contributed by atoms with Crippen LogP contribution in [0.4, 0.5) is 0 Å². The van der Waals surface area contributed by atoms with Gasteiger partial charge in [0.2, 0.25) is 0 Å². The first-order valence-corrected chi connectivity index (χ1v) is 15.7. The van der Waals surface area contributed by atoms with E-state index < -0.39 is 0 Å². The molecule has 35 heavy (non-hydrogen) atoms. The highest BCUT2D eigenvalue weighted by molar-refractivity contribution is 7.28. The van der Waals surface area contributed by atoms with E-state index >= 15 is 0 Å². The summed E-state index contributed by atoms with van der Waals surface area (Å²) in [5.74, 6) is 1.78. The van der Waals surface area contributed by atoms with Gasteiger partial charge >= 0.3 is 0 Å². The fourth-order valence-corrected chi connectivity index (χ4v) is 9.03. The van der Waals surface area contributed by atoms with E-state index in [1.165, 1.54) is 78.9 Å². The van der Waals surface area contributed by atoms with Gasteiger partial charge in [0.1, 0.15) is 13.2 Å². The molecule has 5 rings (SSSR count). The molecule has 0 spiro atoms. The summed E-state index contributed by atoms with van der Waals surface area (Å²) in [5.41, 5.74) is 2.61. The van der Waals surface area contributed by atoms with E-state index in [0.29, 0.717) is 13.2 Å². The smallest absolute Gasteiger partial charge is 0.180 e. The number of hydrogen-bond acceptors (Lipinski definition) is 7. The van der Waals surface area contributed by atoms with Gasteiger partial charge in [-0.1, -0.05) is 39.0 Å². The van der Waals surface area contributed by atoms with Crippen LogP contribution >= 0.6 is 45.3 Å². The van der Waals surface area contributed by atoms with Gasteiger partial charge < -0.3 is 9.47 Å². The molecule has 0 fully saturated rings. The highest BCUT2D eigenvalue weighted by atomic mass is 32.1. The molecule has 0 bridgehead atoms. The zero-order valence-corrected chi connectivity index (χ0v) is 23.5. The Kier molecular flexibility index (Phi) is 8.07. The van der Waals surface area contributed by atoms with E-state index in [2.05, 4.69) is 37.4 Å². The van der Waals surface area contributed by atoms with Gasteiger partial charge in [0.05, 0.1) is 9.75 Å². The summed E-state index contributed by atoms with van der Waals surface area (Å²) in [6, 6.07) is 8.84. The van der Waals surface area contributed by atoms with Crippen molar-refractivity contribution in [1.82, 2.24) is 0 Å². The van der Waals surface area contributed by atoms with Crippen molar-refractivity contribution in [1.29, 1.82) is 0 Å². The highest BCUT2D eigenvalue weighted by Crippen LogP contribution is 2.51. The maximum Gasteiger partial charge on any atom is 0.180 e. The van der Waals surface area contributed by atoms with Crippen LogP contribution in [0.15, 0.2) is 29.6 Å². The monoisotopic (exact) mass is 542 g/mol. The first kappa shape index (κ1) is 24.8. The van der Waals surface area contributed by atoms with Crippen LogP contribution in [0.3, 0.4) is 0 Å². The Labute approximate surface area is 223 Å². The summed E-state index contributed by atoms with van der Waals surface area (Å²) >= 11 is 7.00. The third kappa shape index (κ3) is 5.43. The van der Waals surface area contributed by atoms with E-state index in [9.17, 15) is 4.79 Å². The van der Waals surface area contributed by atoms with Gasteiger partial charge in [-0.3, -0.25) is 4.79 Å². The van der Waals surface area contributed by atoms with E-state index in [1.807, 2.05) is 28.7 Å². The largest absolute Gasteiger partial charge is 0.485 e. The standard InChI is InChI=1S/C28H30O3S4/c1-3-4-5-6-7-8-9-19-15-24(28-25-21(17-32-28)30-12-13-31-25)35-27(19)23-11-10-22(34-23)26-18(2)14-20(16-29)33-26/h10-11,14-17H,3-9,12-13H2,1-2H3. The lowest BCUT2D eigenvalue weighted by molar-refractivity contribution is 0.112. The quantitative estimate of drug-likeness (QED) is 0.140. The molecule has 184 valence electrons. The molecule has 0 N–H and O–H groups in total. The fourth-order valence-electron chi connectivity index (χ4n) is 4.46. The van der Waals surface area contributed by atoms with E-state index in [4.69, 9.17) is 9.47 Å². The highest BCUT2D eigenvalue weighted by Gasteiger charge is 2.23. The van der Waals surface area contributed by atoms with Gasteiger partial charge in [-0.15, -0.1) is 45.3 Å². The molecule has 1 aliphatic heterocycles. The van der Waals surface area contributed by atoms with Gasteiger partial charge in [-0.2, -0.15) is 0 Å². The minimum absolute atomic E-state index is 0.608. The minimum atomic E-state index is 0.608. The molecule has 0 atom stereocenters. The molecule has 3 nitrogen and oxygen atoms in total. The predicted octanol–water partition coefficient (Wildman–Crippen LogP) is 9.73. The number of aryl methyl sites for hydroxylation is 2. The third-order valence-corrected chi connectivity index (χ3v) is 11.1. The number of ether oxygens (including phenoxy) is 2. The number of hydrogen-bond donors (Lipinski definition) is 0. The molecule has 0 unspecified atom stereocenters. The van der Waals surface area contributed by atoms with Crippen LogP contribution in [-0.4, -0.2) is 19.5 Å². The van der Waals surface area contributed by atoms with Crippen LogP contribution in [0.1, 0.15) is 66.2 Å². The van der Waals surface area contributed by atoms with Gasteiger partial charge in [0, 0.05) is 29.8 Å². The number of fused-ring (bicyclic) bond motifs is 1. The summed E-state index contributed by atoms with van der Waals surface area (Å²) in [6.45, 7) is 5.59. The molecular weight excluding hydrogens is 513 g/mol. The summed E-state index contributed by atoms with van der Waals surface area (Å²) in [7, 11) is 0. The number of rotatable bonds is 11. The molecule has 0 aliphatic carbocycles. The Morgan fingerprint density at radius 3 is 2.43 bits per heavy atom. The molecule has 5 heterocycles.